The molecule has 3 heterocycles. The van der Waals surface area contributed by atoms with Gasteiger partial charge >= 0.3 is 0 Å². The smallest absolute Gasteiger partial charge is 0.277 e. The van der Waals surface area contributed by atoms with E-state index in [0.29, 0.717) is 41.3 Å². The van der Waals surface area contributed by atoms with Gasteiger partial charge in [-0.15, -0.1) is 0 Å². The number of fused-ring (bicyclic) bond motifs is 2. The number of allylic oxidation sites excluding steroid dienone is 1. The summed E-state index contributed by atoms with van der Waals surface area (Å²) in [5.41, 5.74) is 6.08. The normalized spacial score (nSPS) is 23.1. The van der Waals surface area contributed by atoms with Crippen LogP contribution in [0.2, 0.25) is 0 Å². The molecule has 1 amide bonds. The Morgan fingerprint density at radius 3 is 2.82 bits per heavy atom. The Labute approximate surface area is 162 Å². The van der Waals surface area contributed by atoms with Crippen LogP contribution >= 0.6 is 0 Å². The van der Waals surface area contributed by atoms with Crippen molar-refractivity contribution in [2.75, 3.05) is 11.1 Å². The van der Waals surface area contributed by atoms with Gasteiger partial charge in [0.05, 0.1) is 0 Å². The van der Waals surface area contributed by atoms with Gasteiger partial charge in [0.1, 0.15) is 35.0 Å². The molecule has 2 aromatic heterocycles. The van der Waals surface area contributed by atoms with E-state index in [9.17, 15) is 9.59 Å². The molecule has 0 saturated heterocycles. The van der Waals surface area contributed by atoms with Crippen LogP contribution in [0.5, 0.6) is 0 Å². The van der Waals surface area contributed by atoms with Crippen molar-refractivity contribution in [1.29, 1.82) is 0 Å². The molecule has 146 valence electrons. The second kappa shape index (κ2) is 6.47. The maximum atomic E-state index is 13.4. The molecule has 4 rings (SSSR count). The number of pyridine rings is 1. The van der Waals surface area contributed by atoms with Crippen LogP contribution in [0.3, 0.4) is 0 Å². The molecule has 2 atom stereocenters. The number of anilines is 3. The predicted octanol–water partition coefficient (Wildman–Crippen LogP) is 2.29. The van der Waals surface area contributed by atoms with Crippen molar-refractivity contribution in [3.05, 3.63) is 52.2 Å². The van der Waals surface area contributed by atoms with Gasteiger partial charge in [0, 0.05) is 6.07 Å². The summed E-state index contributed by atoms with van der Waals surface area (Å²) in [6.45, 7) is 6.16. The number of nitrogens with zero attached hydrogens (tertiary/aromatic N) is 3. The minimum absolute atomic E-state index is 0.221. The molecule has 4 N–H and O–H groups in total. The van der Waals surface area contributed by atoms with Crippen LogP contribution in [-0.2, 0) is 5.66 Å². The van der Waals surface area contributed by atoms with Crippen LogP contribution in [0, 0.1) is 18.8 Å². The molecule has 0 fully saturated rings. The Morgan fingerprint density at radius 1 is 1.32 bits per heavy atom. The first kappa shape index (κ1) is 18.2. The number of aryl methyl sites for hydroxylation is 1. The predicted molar refractivity (Wildman–Crippen MR) is 107 cm³/mol. The van der Waals surface area contributed by atoms with E-state index in [1.54, 1.807) is 16.7 Å². The minimum atomic E-state index is -0.830. The molecule has 0 aromatic carbocycles. The van der Waals surface area contributed by atoms with Crippen LogP contribution in [0.25, 0.3) is 0 Å². The SMILES string of the molecule is Cc1cc(Nc2cc(N)ncn2)c(=O)n2c1C(=O)NC21C=CCC(C(C)C)C1. The van der Waals surface area contributed by atoms with E-state index in [2.05, 4.69) is 40.5 Å². The van der Waals surface area contributed by atoms with Crippen LogP contribution in [0.4, 0.5) is 17.3 Å². The number of aromatic nitrogens is 3. The lowest BCUT2D eigenvalue weighted by Crippen LogP contribution is -2.49. The zero-order valence-electron chi connectivity index (χ0n) is 16.2. The van der Waals surface area contributed by atoms with E-state index in [1.807, 2.05) is 13.0 Å². The number of carbonyl (C=O) groups is 1. The topological polar surface area (TPSA) is 115 Å². The number of hydrogen-bond acceptors (Lipinski definition) is 6. The molecular formula is C20H24N6O2. The number of nitrogen functional groups attached to an aromatic ring is 1. The first-order valence-corrected chi connectivity index (χ1v) is 9.42. The zero-order valence-corrected chi connectivity index (χ0v) is 16.2. The number of carbonyl (C=O) groups excluding carboxylic acids is 1. The summed E-state index contributed by atoms with van der Waals surface area (Å²) >= 11 is 0. The molecule has 28 heavy (non-hydrogen) atoms. The van der Waals surface area contributed by atoms with Crippen molar-refractivity contribution < 1.29 is 4.79 Å². The number of rotatable bonds is 3. The molecule has 2 aromatic rings. The highest BCUT2D eigenvalue weighted by Crippen LogP contribution is 2.38. The summed E-state index contributed by atoms with van der Waals surface area (Å²) in [6.07, 6.45) is 6.98. The van der Waals surface area contributed by atoms with Crippen molar-refractivity contribution in [3.63, 3.8) is 0 Å². The van der Waals surface area contributed by atoms with Gasteiger partial charge in [-0.1, -0.05) is 19.9 Å². The highest BCUT2D eigenvalue weighted by Gasteiger charge is 2.45. The Hall–Kier alpha value is -3.16. The third-order valence-corrected chi connectivity index (χ3v) is 5.64. The summed E-state index contributed by atoms with van der Waals surface area (Å²) in [6, 6.07) is 3.23. The molecule has 8 nitrogen and oxygen atoms in total. The second-order valence-electron chi connectivity index (χ2n) is 7.91. The zero-order chi connectivity index (χ0) is 20.1. The van der Waals surface area contributed by atoms with E-state index in [-0.39, 0.29) is 11.5 Å². The lowest BCUT2D eigenvalue weighted by molar-refractivity contribution is 0.0915. The Kier molecular flexibility index (Phi) is 4.21. The Balaban J connectivity index is 1.84. The van der Waals surface area contributed by atoms with E-state index in [0.717, 1.165) is 12.0 Å². The van der Waals surface area contributed by atoms with Gasteiger partial charge in [0.25, 0.3) is 11.5 Å². The van der Waals surface area contributed by atoms with E-state index in [4.69, 9.17) is 5.73 Å². The molecule has 0 saturated carbocycles. The van der Waals surface area contributed by atoms with Gasteiger partial charge in [-0.05, 0) is 49.3 Å². The summed E-state index contributed by atoms with van der Waals surface area (Å²) in [7, 11) is 0. The van der Waals surface area contributed by atoms with Gasteiger partial charge in [-0.2, -0.15) is 0 Å². The third-order valence-electron chi connectivity index (χ3n) is 5.64. The van der Waals surface area contributed by atoms with Crippen LogP contribution in [0.1, 0.15) is 42.7 Å². The maximum Gasteiger partial charge on any atom is 0.277 e. The number of hydrogen-bond donors (Lipinski definition) is 3. The number of nitrogens with two attached hydrogens (primary N) is 1. The summed E-state index contributed by atoms with van der Waals surface area (Å²) in [5, 5.41) is 6.09. The lowest BCUT2D eigenvalue weighted by atomic mass is 9.80. The van der Waals surface area contributed by atoms with Crippen molar-refractivity contribution >= 4 is 23.2 Å². The van der Waals surface area contributed by atoms with Gasteiger partial charge in [0.15, 0.2) is 0 Å². The quantitative estimate of drug-likeness (QED) is 0.704. The van der Waals surface area contributed by atoms with Gasteiger partial charge in [0.2, 0.25) is 0 Å². The van der Waals surface area contributed by atoms with Crippen molar-refractivity contribution in [2.45, 2.75) is 39.3 Å². The van der Waals surface area contributed by atoms with E-state index < -0.39 is 5.66 Å². The largest absolute Gasteiger partial charge is 0.384 e. The number of amides is 1. The average Bonchev–Trinajstić information content (AvgIpc) is 2.91. The standard InChI is InChI=1S/C20H24N6O2/c1-11(2)13-5-4-6-20(9-13)25-18(27)17-12(3)7-14(19(28)26(17)20)24-16-8-15(21)22-10-23-16/h4,6-8,10-11,13H,5,9H2,1-3H3,(H,25,27)(H3,21,22,23,24). The Bertz CT molecular complexity index is 1040. The molecule has 8 heteroatoms. The third kappa shape index (κ3) is 2.85. The second-order valence-corrected chi connectivity index (χ2v) is 7.91. The van der Waals surface area contributed by atoms with Crippen molar-refractivity contribution in [1.82, 2.24) is 19.9 Å². The average molecular weight is 380 g/mol. The monoisotopic (exact) mass is 380 g/mol. The molecular weight excluding hydrogens is 356 g/mol. The molecule has 0 bridgehead atoms. The molecule has 2 aliphatic rings. The van der Waals surface area contributed by atoms with E-state index >= 15 is 0 Å². The lowest BCUT2D eigenvalue weighted by Gasteiger charge is -2.37. The molecule has 2 unspecified atom stereocenters. The minimum Gasteiger partial charge on any atom is -0.384 e. The van der Waals surface area contributed by atoms with Crippen molar-refractivity contribution in [3.8, 4) is 0 Å². The van der Waals surface area contributed by atoms with Crippen LogP contribution in [0.15, 0.2) is 35.4 Å². The molecule has 1 aliphatic carbocycles. The highest BCUT2D eigenvalue weighted by molar-refractivity contribution is 5.97. The first-order valence-electron chi connectivity index (χ1n) is 9.42. The fourth-order valence-corrected chi connectivity index (χ4v) is 4.14. The van der Waals surface area contributed by atoms with Crippen molar-refractivity contribution in [2.24, 2.45) is 11.8 Å². The van der Waals surface area contributed by atoms with Crippen LogP contribution < -0.4 is 21.9 Å². The van der Waals surface area contributed by atoms with Gasteiger partial charge in [-0.25, -0.2) is 9.97 Å². The first-order chi connectivity index (χ1) is 13.3. The van der Waals surface area contributed by atoms with Gasteiger partial charge < -0.3 is 16.4 Å². The molecule has 1 spiro atoms. The summed E-state index contributed by atoms with van der Waals surface area (Å²) < 4.78 is 1.60. The number of nitrogens with one attached hydrogen (secondary N) is 2. The Morgan fingerprint density at radius 2 is 2.11 bits per heavy atom. The van der Waals surface area contributed by atoms with Gasteiger partial charge in [-0.3, -0.25) is 14.2 Å². The maximum absolute atomic E-state index is 13.4. The highest BCUT2D eigenvalue weighted by atomic mass is 16.2. The fourth-order valence-electron chi connectivity index (χ4n) is 4.14. The van der Waals surface area contributed by atoms with Crippen LogP contribution in [-0.4, -0.2) is 20.4 Å². The molecule has 0 radical (unpaired) electrons. The fraction of sp³-hybridized carbons (Fsp3) is 0.400. The van der Waals surface area contributed by atoms with E-state index in [1.165, 1.54) is 6.33 Å². The molecule has 1 aliphatic heterocycles. The summed E-state index contributed by atoms with van der Waals surface area (Å²) in [4.78, 5) is 34.1. The summed E-state index contributed by atoms with van der Waals surface area (Å²) in [5.74, 6) is 1.34.